The van der Waals surface area contributed by atoms with E-state index in [0.717, 1.165) is 27.5 Å². The van der Waals surface area contributed by atoms with Crippen LogP contribution in [0.5, 0.6) is 17.2 Å². The molecular weight excluding hydrogens is 438 g/mol. The Balaban J connectivity index is 1.60. The molecule has 0 saturated heterocycles. The largest absolute Gasteiger partial charge is 0.493 e. The molecule has 2 aromatic heterocycles. The van der Waals surface area contributed by atoms with Crippen LogP contribution in [0, 0.1) is 20.8 Å². The van der Waals surface area contributed by atoms with Crippen LogP contribution in [0.25, 0.3) is 21.9 Å². The standard InChI is InChI=1S/C26H27NO7/c1-13-12-33-23-15(3)24-19(11-18(13)23)14(2)17(26(29)34-24)7-8-22(28)27-16-9-20(30-4)25(32-6)21(10-16)31-5/h9-12H,7-8H2,1-6H3,(H,27,28). The predicted molar refractivity (Wildman–Crippen MR) is 130 cm³/mol. The lowest BCUT2D eigenvalue weighted by Crippen LogP contribution is -2.17. The molecule has 0 radical (unpaired) electrons. The number of methoxy groups -OCH3 is 3. The lowest BCUT2D eigenvalue weighted by atomic mass is 9.98. The van der Waals surface area contributed by atoms with Crippen molar-refractivity contribution in [1.82, 2.24) is 0 Å². The van der Waals surface area contributed by atoms with E-state index in [0.29, 0.717) is 39.7 Å². The number of ether oxygens (including phenoxy) is 3. The number of anilines is 1. The third-order valence-electron chi connectivity index (χ3n) is 6.09. The number of furan rings is 1. The topological polar surface area (TPSA) is 100 Å². The van der Waals surface area contributed by atoms with Gasteiger partial charge in [-0.15, -0.1) is 0 Å². The maximum Gasteiger partial charge on any atom is 0.339 e. The number of hydrogen-bond donors (Lipinski definition) is 1. The van der Waals surface area contributed by atoms with E-state index < -0.39 is 5.63 Å². The second-order valence-electron chi connectivity index (χ2n) is 8.13. The Hall–Kier alpha value is -3.94. The summed E-state index contributed by atoms with van der Waals surface area (Å²) in [5.41, 5.74) is 4.35. The van der Waals surface area contributed by atoms with Crippen molar-refractivity contribution in [3.8, 4) is 17.2 Å². The molecule has 1 N–H and O–H groups in total. The minimum atomic E-state index is -0.448. The number of carbonyl (C=O) groups excluding carboxylic acids is 1. The van der Waals surface area contributed by atoms with Gasteiger partial charge in [0, 0.05) is 46.1 Å². The molecule has 0 bridgehead atoms. The van der Waals surface area contributed by atoms with Crippen LogP contribution in [0.15, 0.2) is 38.1 Å². The molecule has 4 aromatic rings. The number of benzene rings is 2. The van der Waals surface area contributed by atoms with Gasteiger partial charge in [0.05, 0.1) is 27.6 Å². The molecule has 0 aliphatic carbocycles. The predicted octanol–water partition coefficient (Wildman–Crippen LogP) is 5.06. The third kappa shape index (κ3) is 3.96. The smallest absolute Gasteiger partial charge is 0.339 e. The SMILES string of the molecule is COc1cc(NC(=O)CCc2c(C)c3cc4c(C)coc4c(C)c3oc2=O)cc(OC)c1OC. The van der Waals surface area contributed by atoms with Crippen LogP contribution in [0.3, 0.4) is 0 Å². The molecule has 0 unspecified atom stereocenters. The van der Waals surface area contributed by atoms with Crippen molar-refractivity contribution in [2.45, 2.75) is 33.6 Å². The molecule has 0 spiro atoms. The van der Waals surface area contributed by atoms with E-state index in [2.05, 4.69) is 5.32 Å². The van der Waals surface area contributed by atoms with Crippen LogP contribution < -0.4 is 25.2 Å². The fraction of sp³-hybridized carbons (Fsp3) is 0.308. The number of carbonyl (C=O) groups is 1. The van der Waals surface area contributed by atoms with Gasteiger partial charge in [0.15, 0.2) is 11.5 Å². The lowest BCUT2D eigenvalue weighted by Gasteiger charge is -2.15. The van der Waals surface area contributed by atoms with E-state index in [9.17, 15) is 9.59 Å². The van der Waals surface area contributed by atoms with Crippen molar-refractivity contribution in [2.24, 2.45) is 0 Å². The van der Waals surface area contributed by atoms with Crippen molar-refractivity contribution in [3.05, 3.63) is 57.1 Å². The normalized spacial score (nSPS) is 11.1. The summed E-state index contributed by atoms with van der Waals surface area (Å²) in [5.74, 6) is 1.04. The maximum atomic E-state index is 12.8. The average molecular weight is 466 g/mol. The fourth-order valence-electron chi connectivity index (χ4n) is 4.22. The highest BCUT2D eigenvalue weighted by Gasteiger charge is 2.19. The van der Waals surface area contributed by atoms with Crippen LogP contribution in [-0.2, 0) is 11.2 Å². The summed E-state index contributed by atoms with van der Waals surface area (Å²) >= 11 is 0. The summed E-state index contributed by atoms with van der Waals surface area (Å²) in [7, 11) is 4.52. The molecule has 1 amide bonds. The van der Waals surface area contributed by atoms with Gasteiger partial charge < -0.3 is 28.4 Å². The minimum Gasteiger partial charge on any atom is -0.493 e. The summed E-state index contributed by atoms with van der Waals surface area (Å²) in [6, 6.07) is 5.28. The van der Waals surface area contributed by atoms with Crippen LogP contribution >= 0.6 is 0 Å². The first kappa shape index (κ1) is 23.2. The van der Waals surface area contributed by atoms with Crippen molar-refractivity contribution < 1.29 is 27.8 Å². The maximum absolute atomic E-state index is 12.8. The average Bonchev–Trinajstić information content (AvgIpc) is 3.19. The zero-order valence-corrected chi connectivity index (χ0v) is 20.1. The molecule has 8 nitrogen and oxygen atoms in total. The van der Waals surface area contributed by atoms with Crippen molar-refractivity contribution >= 4 is 33.5 Å². The number of aryl methyl sites for hydroxylation is 3. The Morgan fingerprint density at radius 1 is 0.912 bits per heavy atom. The zero-order valence-electron chi connectivity index (χ0n) is 20.1. The Labute approximate surface area is 196 Å². The molecule has 178 valence electrons. The van der Waals surface area contributed by atoms with Crippen LogP contribution in [0.1, 0.15) is 28.7 Å². The molecule has 0 saturated carbocycles. The van der Waals surface area contributed by atoms with Gasteiger partial charge in [-0.05, 0) is 44.4 Å². The number of hydrogen-bond acceptors (Lipinski definition) is 7. The first-order valence-electron chi connectivity index (χ1n) is 10.8. The highest BCUT2D eigenvalue weighted by atomic mass is 16.5. The molecule has 0 aliphatic rings. The molecule has 2 heterocycles. The number of amides is 1. The van der Waals surface area contributed by atoms with Gasteiger partial charge in [-0.2, -0.15) is 0 Å². The van der Waals surface area contributed by atoms with Gasteiger partial charge >= 0.3 is 5.63 Å². The Kier molecular flexibility index (Phi) is 6.24. The lowest BCUT2D eigenvalue weighted by molar-refractivity contribution is -0.116. The van der Waals surface area contributed by atoms with Crippen LogP contribution in [0.2, 0.25) is 0 Å². The molecule has 2 aromatic carbocycles. The van der Waals surface area contributed by atoms with E-state index in [-0.39, 0.29) is 18.7 Å². The Bertz CT molecular complexity index is 1440. The summed E-state index contributed by atoms with van der Waals surface area (Å²) in [6.07, 6.45) is 2.03. The number of rotatable bonds is 7. The summed E-state index contributed by atoms with van der Waals surface area (Å²) < 4.78 is 27.3. The van der Waals surface area contributed by atoms with E-state index in [4.69, 9.17) is 23.0 Å². The fourth-order valence-corrected chi connectivity index (χ4v) is 4.22. The highest BCUT2D eigenvalue weighted by molar-refractivity contribution is 5.99. The van der Waals surface area contributed by atoms with E-state index in [1.807, 2.05) is 26.8 Å². The van der Waals surface area contributed by atoms with Crippen molar-refractivity contribution in [1.29, 1.82) is 0 Å². The molecule has 0 atom stereocenters. The summed E-state index contributed by atoms with van der Waals surface area (Å²) in [6.45, 7) is 5.73. The zero-order chi connectivity index (χ0) is 24.6. The molecule has 8 heteroatoms. The van der Waals surface area contributed by atoms with Gasteiger partial charge in [-0.25, -0.2) is 4.79 Å². The van der Waals surface area contributed by atoms with Crippen LogP contribution in [-0.4, -0.2) is 27.2 Å². The van der Waals surface area contributed by atoms with E-state index >= 15 is 0 Å². The molecule has 34 heavy (non-hydrogen) atoms. The second-order valence-corrected chi connectivity index (χ2v) is 8.13. The minimum absolute atomic E-state index is 0.0970. The van der Waals surface area contributed by atoms with Gasteiger partial charge in [0.1, 0.15) is 11.2 Å². The molecule has 0 fully saturated rings. The van der Waals surface area contributed by atoms with Crippen molar-refractivity contribution in [2.75, 3.05) is 26.6 Å². The molecular formula is C26H27NO7. The third-order valence-corrected chi connectivity index (χ3v) is 6.09. The highest BCUT2D eigenvalue weighted by Crippen LogP contribution is 2.40. The Morgan fingerprint density at radius 3 is 2.21 bits per heavy atom. The van der Waals surface area contributed by atoms with Gasteiger partial charge in [-0.3, -0.25) is 4.79 Å². The Morgan fingerprint density at radius 2 is 1.59 bits per heavy atom. The second kappa shape index (κ2) is 9.13. The number of fused-ring (bicyclic) bond motifs is 2. The van der Waals surface area contributed by atoms with Crippen LogP contribution in [0.4, 0.5) is 5.69 Å². The summed E-state index contributed by atoms with van der Waals surface area (Å²) in [4.78, 5) is 25.5. The quantitative estimate of drug-likeness (QED) is 0.381. The van der Waals surface area contributed by atoms with Gasteiger partial charge in [-0.1, -0.05) is 0 Å². The van der Waals surface area contributed by atoms with E-state index in [1.165, 1.54) is 21.3 Å². The first-order valence-corrected chi connectivity index (χ1v) is 10.8. The summed E-state index contributed by atoms with van der Waals surface area (Å²) in [5, 5.41) is 4.65. The van der Waals surface area contributed by atoms with Gasteiger partial charge in [0.25, 0.3) is 0 Å². The molecule has 0 aliphatic heterocycles. The first-order chi connectivity index (χ1) is 16.3. The van der Waals surface area contributed by atoms with Crippen molar-refractivity contribution in [3.63, 3.8) is 0 Å². The van der Waals surface area contributed by atoms with Gasteiger partial charge in [0.2, 0.25) is 11.7 Å². The number of nitrogens with one attached hydrogen (secondary N) is 1. The monoisotopic (exact) mass is 465 g/mol. The molecule has 4 rings (SSSR count). The van der Waals surface area contributed by atoms with E-state index in [1.54, 1.807) is 18.4 Å².